The Morgan fingerprint density at radius 1 is 0.714 bits per heavy atom. The molecule has 11 heteroatoms. The van der Waals surface area contributed by atoms with E-state index in [-0.39, 0.29) is 11.9 Å². The van der Waals surface area contributed by atoms with Crippen molar-refractivity contribution in [3.63, 3.8) is 0 Å². The van der Waals surface area contributed by atoms with Gasteiger partial charge in [-0.2, -0.15) is 40.9 Å². The Bertz CT molecular complexity index is 818. The second-order valence-electron chi connectivity index (χ2n) is 5.36. The van der Waals surface area contributed by atoms with E-state index in [9.17, 15) is 30.7 Å². The molecule has 28 heavy (non-hydrogen) atoms. The minimum Gasteiger partial charge on any atom is -0.278 e. The zero-order valence-electron chi connectivity index (χ0n) is 13.9. The molecule has 2 rings (SSSR count). The van der Waals surface area contributed by atoms with Crippen LogP contribution in [-0.4, -0.2) is 29.9 Å². The van der Waals surface area contributed by atoms with Crippen molar-refractivity contribution in [1.29, 1.82) is 0 Å². The van der Waals surface area contributed by atoms with Gasteiger partial charge in [-0.3, -0.25) is 10.9 Å². The van der Waals surface area contributed by atoms with Gasteiger partial charge in [0.2, 0.25) is 0 Å². The summed E-state index contributed by atoms with van der Waals surface area (Å²) < 4.78 is 92.2. The van der Waals surface area contributed by atoms with Crippen LogP contribution in [0.1, 0.15) is 0 Å². The number of benzene rings is 2. The van der Waals surface area contributed by atoms with Gasteiger partial charge >= 0.3 is 18.0 Å². The van der Waals surface area contributed by atoms with Crippen LogP contribution >= 0.6 is 0 Å². The number of hydrogen-bond donors (Lipinski definition) is 2. The van der Waals surface area contributed by atoms with Crippen LogP contribution in [-0.2, 0) is 0 Å². The van der Waals surface area contributed by atoms with Gasteiger partial charge in [0.25, 0.3) is 0 Å². The largest absolute Gasteiger partial charge is 0.460 e. The van der Waals surface area contributed by atoms with Crippen LogP contribution in [0, 0.1) is 0 Å². The highest BCUT2D eigenvalue weighted by Gasteiger charge is 2.74. The van der Waals surface area contributed by atoms with E-state index in [1.807, 2.05) is 5.43 Å². The molecule has 150 valence electrons. The Kier molecular flexibility index (Phi) is 6.26. The molecule has 0 heterocycles. The smallest absolute Gasteiger partial charge is 0.278 e. The highest BCUT2D eigenvalue weighted by Crippen LogP contribution is 2.47. The fourth-order valence-corrected chi connectivity index (χ4v) is 1.84. The molecule has 0 spiro atoms. The maximum Gasteiger partial charge on any atom is 0.460 e. The van der Waals surface area contributed by atoms with Gasteiger partial charge in [0.05, 0.1) is 17.6 Å². The summed E-state index contributed by atoms with van der Waals surface area (Å²) in [4.78, 5) is 0. The molecule has 4 nitrogen and oxygen atoms in total. The summed E-state index contributed by atoms with van der Waals surface area (Å²) in [6, 6.07) is 14.9. The lowest BCUT2D eigenvalue weighted by Crippen LogP contribution is -2.56. The molecule has 0 amide bonds. The summed E-state index contributed by atoms with van der Waals surface area (Å²) in [5.41, 5.74) is 2.72. The van der Waals surface area contributed by atoms with Crippen molar-refractivity contribution in [2.75, 3.05) is 10.9 Å². The van der Waals surface area contributed by atoms with E-state index in [1.165, 1.54) is 36.4 Å². The normalized spacial score (nSPS) is 13.6. The second-order valence-corrected chi connectivity index (χ2v) is 5.36. The maximum absolute atomic E-state index is 14.0. The third-order valence-corrected chi connectivity index (χ3v) is 3.31. The molecule has 0 aromatic heterocycles. The van der Waals surface area contributed by atoms with Crippen LogP contribution in [0.3, 0.4) is 0 Å². The minimum absolute atomic E-state index is 0.0931. The highest BCUT2D eigenvalue weighted by atomic mass is 19.4. The average Bonchev–Trinajstić information content (AvgIpc) is 2.65. The molecular formula is C17H13F7N4. The van der Waals surface area contributed by atoms with Gasteiger partial charge in [-0.1, -0.05) is 36.4 Å². The molecule has 2 aromatic rings. The first kappa shape index (κ1) is 21.2. The first-order valence-corrected chi connectivity index (χ1v) is 7.61. The average molecular weight is 406 g/mol. The monoisotopic (exact) mass is 406 g/mol. The van der Waals surface area contributed by atoms with Crippen LogP contribution in [0.4, 0.5) is 42.1 Å². The van der Waals surface area contributed by atoms with Crippen LogP contribution < -0.4 is 10.9 Å². The Labute approximate surface area is 154 Å². The number of hydrazone groups is 2. The van der Waals surface area contributed by atoms with Crippen molar-refractivity contribution in [3.8, 4) is 0 Å². The Morgan fingerprint density at radius 3 is 1.64 bits per heavy atom. The number of anilines is 2. The van der Waals surface area contributed by atoms with E-state index in [0.29, 0.717) is 5.69 Å². The highest BCUT2D eigenvalue weighted by molar-refractivity contribution is 6.34. The SMILES string of the molecule is FC(F)(F)C(F)(F)C(F)(F)C(/C=N/Nc1ccccc1)=N\Nc1ccccc1. The van der Waals surface area contributed by atoms with Gasteiger partial charge in [0.1, 0.15) is 0 Å². The van der Waals surface area contributed by atoms with Gasteiger partial charge < -0.3 is 0 Å². The van der Waals surface area contributed by atoms with Crippen LogP contribution in [0.5, 0.6) is 0 Å². The van der Waals surface area contributed by atoms with Crippen molar-refractivity contribution in [1.82, 2.24) is 0 Å². The summed E-state index contributed by atoms with van der Waals surface area (Å²) in [5.74, 6) is -12.1. The molecule has 0 fully saturated rings. The summed E-state index contributed by atoms with van der Waals surface area (Å²) >= 11 is 0. The molecule has 2 aromatic carbocycles. The molecule has 2 N–H and O–H groups in total. The zero-order chi connectivity index (χ0) is 20.8. The molecule has 0 aliphatic carbocycles. The molecule has 0 saturated carbocycles. The van der Waals surface area contributed by atoms with Crippen molar-refractivity contribution < 1.29 is 30.7 Å². The summed E-state index contributed by atoms with van der Waals surface area (Å²) in [7, 11) is 0. The number of nitrogens with one attached hydrogen (secondary N) is 2. The predicted molar refractivity (Wildman–Crippen MR) is 92.0 cm³/mol. The van der Waals surface area contributed by atoms with Crippen molar-refractivity contribution in [3.05, 3.63) is 60.7 Å². The van der Waals surface area contributed by atoms with Crippen LogP contribution in [0.2, 0.25) is 0 Å². The summed E-state index contributed by atoms with van der Waals surface area (Å²) in [6.07, 6.45) is -6.40. The number of nitrogens with zero attached hydrogens (tertiary/aromatic N) is 2. The summed E-state index contributed by atoms with van der Waals surface area (Å²) in [5, 5.41) is 6.31. The van der Waals surface area contributed by atoms with Crippen molar-refractivity contribution in [2.45, 2.75) is 18.0 Å². The Balaban J connectivity index is 2.34. The molecule has 0 aliphatic rings. The third kappa shape index (κ3) is 4.78. The van der Waals surface area contributed by atoms with Gasteiger partial charge in [0, 0.05) is 0 Å². The van der Waals surface area contributed by atoms with E-state index in [1.54, 1.807) is 24.3 Å². The molecule has 0 radical (unpaired) electrons. The van der Waals surface area contributed by atoms with Crippen LogP contribution in [0.15, 0.2) is 70.9 Å². The fourth-order valence-electron chi connectivity index (χ4n) is 1.84. The molecule has 0 aliphatic heterocycles. The predicted octanol–water partition coefficient (Wildman–Crippen LogP) is 5.39. The zero-order valence-corrected chi connectivity index (χ0v) is 13.9. The number of halogens is 7. The number of rotatable bonds is 7. The molecule has 0 bridgehead atoms. The van der Waals surface area contributed by atoms with Crippen molar-refractivity contribution >= 4 is 23.3 Å². The minimum atomic E-state index is -6.50. The van der Waals surface area contributed by atoms with E-state index in [4.69, 9.17) is 0 Å². The third-order valence-electron chi connectivity index (χ3n) is 3.31. The molecule has 0 saturated heterocycles. The van der Waals surface area contributed by atoms with E-state index >= 15 is 0 Å². The van der Waals surface area contributed by atoms with E-state index in [2.05, 4.69) is 15.6 Å². The topological polar surface area (TPSA) is 48.8 Å². The molecule has 0 atom stereocenters. The quantitative estimate of drug-likeness (QED) is 0.368. The lowest BCUT2D eigenvalue weighted by molar-refractivity contribution is -0.335. The maximum atomic E-state index is 14.0. The molecular weight excluding hydrogens is 393 g/mol. The van der Waals surface area contributed by atoms with Gasteiger partial charge in [-0.25, -0.2) is 0 Å². The number of para-hydroxylation sites is 2. The Morgan fingerprint density at radius 2 is 1.18 bits per heavy atom. The lowest BCUT2D eigenvalue weighted by atomic mass is 10.1. The standard InChI is InChI=1S/C17H13F7N4/c18-15(19,16(20,21)17(22,23)24)14(28-27-13-9-5-2-6-10-13)11-25-26-12-7-3-1-4-8-12/h1-11,26-27H/b25-11+,28-14-. The van der Waals surface area contributed by atoms with Gasteiger partial charge in [-0.15, -0.1) is 0 Å². The fraction of sp³-hybridized carbons (Fsp3) is 0.176. The lowest BCUT2D eigenvalue weighted by Gasteiger charge is -2.27. The van der Waals surface area contributed by atoms with E-state index in [0.717, 1.165) is 0 Å². The second kappa shape index (κ2) is 8.28. The number of hydrogen-bond acceptors (Lipinski definition) is 4. The summed E-state index contributed by atoms with van der Waals surface area (Å²) in [6.45, 7) is 0. The van der Waals surface area contributed by atoms with Crippen LogP contribution in [0.25, 0.3) is 0 Å². The van der Waals surface area contributed by atoms with Gasteiger partial charge in [-0.05, 0) is 24.3 Å². The first-order chi connectivity index (χ1) is 13.1. The van der Waals surface area contributed by atoms with E-state index < -0.39 is 23.7 Å². The molecule has 0 unspecified atom stereocenters. The Hall–Kier alpha value is -3.11. The van der Waals surface area contributed by atoms with Gasteiger partial charge in [0.15, 0.2) is 5.71 Å². The van der Waals surface area contributed by atoms with Crippen molar-refractivity contribution in [2.24, 2.45) is 10.2 Å². The number of alkyl halides is 7. The first-order valence-electron chi connectivity index (χ1n) is 7.61.